The van der Waals surface area contributed by atoms with Crippen molar-refractivity contribution in [2.45, 2.75) is 31.3 Å². The third kappa shape index (κ3) is 3.43. The van der Waals surface area contributed by atoms with Crippen LogP contribution in [-0.4, -0.2) is 36.3 Å². The first-order valence-corrected chi connectivity index (χ1v) is 9.33. The summed E-state index contributed by atoms with van der Waals surface area (Å²) in [5, 5.41) is 11.5. The van der Waals surface area contributed by atoms with Crippen molar-refractivity contribution in [2.24, 2.45) is 0 Å². The van der Waals surface area contributed by atoms with E-state index in [9.17, 15) is 5.11 Å². The van der Waals surface area contributed by atoms with Crippen LogP contribution in [0.3, 0.4) is 0 Å². The van der Waals surface area contributed by atoms with Gasteiger partial charge in [0.05, 0.1) is 20.1 Å². The van der Waals surface area contributed by atoms with E-state index in [4.69, 9.17) is 0 Å². The van der Waals surface area contributed by atoms with Crippen molar-refractivity contribution in [2.75, 3.05) is 26.7 Å². The number of hydrogen-bond acceptors (Lipinski definition) is 1. The van der Waals surface area contributed by atoms with Gasteiger partial charge in [0.15, 0.2) is 0 Å². The fourth-order valence-electron chi connectivity index (χ4n) is 4.36. The van der Waals surface area contributed by atoms with Gasteiger partial charge in [0.2, 0.25) is 0 Å². The molecule has 0 atom stereocenters. The number of quaternary nitrogens is 1. The highest BCUT2D eigenvalue weighted by molar-refractivity contribution is 5.80. The standard InChI is InChI=1S/C23H26NO.HI/c1-24(16-8-2-9-17-24)18-10-7-15-23(25)21-13-5-3-11-19(21)20-12-4-6-14-22(20)23;/h3-6,11-14,25H,2,8-9,15-18H2,1H3;1H/q+1;/p-1. The van der Waals surface area contributed by atoms with Crippen LogP contribution in [0.25, 0.3) is 11.1 Å². The summed E-state index contributed by atoms with van der Waals surface area (Å²) in [7, 11) is 2.31. The Morgan fingerprint density at radius 2 is 1.42 bits per heavy atom. The van der Waals surface area contributed by atoms with Gasteiger partial charge in [-0.2, -0.15) is 0 Å². The molecule has 26 heavy (non-hydrogen) atoms. The largest absolute Gasteiger partial charge is 1.00 e. The maximum atomic E-state index is 11.5. The summed E-state index contributed by atoms with van der Waals surface area (Å²) in [4.78, 5) is 0. The molecule has 136 valence electrons. The quantitative estimate of drug-likeness (QED) is 0.403. The number of halogens is 1. The Bertz CT molecular complexity index is 797. The zero-order valence-corrected chi connectivity index (χ0v) is 17.5. The zero-order valence-electron chi connectivity index (χ0n) is 15.3. The first-order valence-electron chi connectivity index (χ1n) is 9.33. The van der Waals surface area contributed by atoms with Crippen molar-refractivity contribution in [1.82, 2.24) is 0 Å². The molecule has 1 aliphatic heterocycles. The minimum absolute atomic E-state index is 0. The van der Waals surface area contributed by atoms with Crippen molar-refractivity contribution < 1.29 is 33.6 Å². The molecule has 0 amide bonds. The molecule has 2 aromatic carbocycles. The van der Waals surface area contributed by atoms with Crippen LogP contribution in [0.4, 0.5) is 0 Å². The van der Waals surface area contributed by atoms with Gasteiger partial charge in [0.25, 0.3) is 0 Å². The lowest BCUT2D eigenvalue weighted by Crippen LogP contribution is -3.00. The molecule has 3 heteroatoms. The summed E-state index contributed by atoms with van der Waals surface area (Å²) in [6.45, 7) is 3.34. The highest BCUT2D eigenvalue weighted by Gasteiger charge is 2.40. The summed E-state index contributed by atoms with van der Waals surface area (Å²) in [5.74, 6) is 6.68. The second kappa shape index (κ2) is 7.72. The molecule has 0 spiro atoms. The molecule has 0 aromatic heterocycles. The maximum absolute atomic E-state index is 11.5. The molecule has 1 aliphatic carbocycles. The van der Waals surface area contributed by atoms with E-state index in [0.29, 0.717) is 6.42 Å². The molecule has 1 N–H and O–H groups in total. The van der Waals surface area contributed by atoms with Crippen molar-refractivity contribution in [3.8, 4) is 23.0 Å². The summed E-state index contributed by atoms with van der Waals surface area (Å²) in [6, 6.07) is 16.3. The number of fused-ring (bicyclic) bond motifs is 3. The summed E-state index contributed by atoms with van der Waals surface area (Å²) in [6.07, 6.45) is 4.43. The highest BCUT2D eigenvalue weighted by Crippen LogP contribution is 2.48. The predicted molar refractivity (Wildman–Crippen MR) is 102 cm³/mol. The van der Waals surface area contributed by atoms with Crippen LogP contribution in [0.1, 0.15) is 36.8 Å². The third-order valence-corrected chi connectivity index (χ3v) is 5.86. The van der Waals surface area contributed by atoms with E-state index >= 15 is 0 Å². The van der Waals surface area contributed by atoms with Crippen LogP contribution in [0.5, 0.6) is 0 Å². The van der Waals surface area contributed by atoms with Gasteiger partial charge < -0.3 is 33.6 Å². The van der Waals surface area contributed by atoms with Crippen LogP contribution in [0.2, 0.25) is 0 Å². The Labute approximate surface area is 173 Å². The van der Waals surface area contributed by atoms with E-state index in [1.54, 1.807) is 0 Å². The van der Waals surface area contributed by atoms with E-state index < -0.39 is 5.60 Å². The summed E-state index contributed by atoms with van der Waals surface area (Å²) in [5.41, 5.74) is 3.27. The molecule has 2 aromatic rings. The van der Waals surface area contributed by atoms with Crippen LogP contribution in [0.15, 0.2) is 48.5 Å². The second-order valence-electron chi connectivity index (χ2n) is 7.77. The SMILES string of the molecule is C[N+]1(CC#CCC2(O)c3ccccc3-c3ccccc32)CCCCC1.[I-]. The maximum Gasteiger partial charge on any atom is 0.140 e. The van der Waals surface area contributed by atoms with Gasteiger partial charge in [0, 0.05) is 6.42 Å². The van der Waals surface area contributed by atoms with Crippen LogP contribution in [0, 0.1) is 11.8 Å². The molecule has 1 saturated heterocycles. The average Bonchev–Trinajstić information content (AvgIpc) is 2.90. The van der Waals surface area contributed by atoms with Crippen molar-refractivity contribution >= 4 is 0 Å². The molecule has 2 aliphatic rings. The van der Waals surface area contributed by atoms with Gasteiger partial charge in [-0.05, 0) is 47.4 Å². The van der Waals surface area contributed by atoms with Gasteiger partial charge in [-0.15, -0.1) is 0 Å². The zero-order chi connectivity index (χ0) is 17.3. The highest BCUT2D eigenvalue weighted by atomic mass is 127. The Kier molecular flexibility index (Phi) is 5.76. The Balaban J connectivity index is 0.00000196. The number of piperidine rings is 1. The van der Waals surface area contributed by atoms with E-state index in [1.807, 2.05) is 36.4 Å². The van der Waals surface area contributed by atoms with Crippen molar-refractivity contribution in [1.29, 1.82) is 0 Å². The molecule has 0 bridgehead atoms. The molecular formula is C23H26INO. The van der Waals surface area contributed by atoms with Gasteiger partial charge >= 0.3 is 0 Å². The van der Waals surface area contributed by atoms with Gasteiger partial charge in [-0.25, -0.2) is 0 Å². The van der Waals surface area contributed by atoms with Crippen LogP contribution in [-0.2, 0) is 5.60 Å². The number of aliphatic hydroxyl groups is 1. The molecule has 2 nitrogen and oxygen atoms in total. The van der Waals surface area contributed by atoms with E-state index in [0.717, 1.165) is 33.3 Å². The monoisotopic (exact) mass is 459 g/mol. The fraction of sp³-hybridized carbons (Fsp3) is 0.391. The van der Waals surface area contributed by atoms with Crippen LogP contribution >= 0.6 is 0 Å². The fourth-order valence-corrected chi connectivity index (χ4v) is 4.36. The first kappa shape index (κ1) is 19.4. The molecular weight excluding hydrogens is 433 g/mol. The Morgan fingerprint density at radius 1 is 0.885 bits per heavy atom. The summed E-state index contributed by atoms with van der Waals surface area (Å²) >= 11 is 0. The van der Waals surface area contributed by atoms with Crippen LogP contribution < -0.4 is 24.0 Å². The van der Waals surface area contributed by atoms with Gasteiger partial charge in [-0.3, -0.25) is 0 Å². The lowest BCUT2D eigenvalue weighted by atomic mass is 9.88. The normalized spacial score (nSPS) is 18.7. The lowest BCUT2D eigenvalue weighted by Gasteiger charge is -2.36. The van der Waals surface area contributed by atoms with Gasteiger partial charge in [-0.1, -0.05) is 54.5 Å². The lowest BCUT2D eigenvalue weighted by molar-refractivity contribution is -0.907. The molecule has 4 rings (SSSR count). The van der Waals surface area contributed by atoms with Crippen molar-refractivity contribution in [3.05, 3.63) is 59.7 Å². The minimum atomic E-state index is -0.985. The number of hydrogen-bond donors (Lipinski definition) is 1. The third-order valence-electron chi connectivity index (χ3n) is 5.86. The Morgan fingerprint density at radius 3 is 2.00 bits per heavy atom. The number of benzene rings is 2. The smallest absolute Gasteiger partial charge is 0.140 e. The molecule has 1 fully saturated rings. The van der Waals surface area contributed by atoms with Gasteiger partial charge in [0.1, 0.15) is 12.1 Å². The van der Waals surface area contributed by atoms with Crippen molar-refractivity contribution in [3.63, 3.8) is 0 Å². The number of rotatable bonds is 2. The average molecular weight is 459 g/mol. The second-order valence-corrected chi connectivity index (χ2v) is 7.77. The molecule has 0 unspecified atom stereocenters. The Hall–Kier alpha value is -1.35. The number of nitrogens with zero attached hydrogens (tertiary/aromatic N) is 1. The van der Waals surface area contributed by atoms with E-state index in [2.05, 4.69) is 31.0 Å². The predicted octanol–water partition coefficient (Wildman–Crippen LogP) is 0.931. The van der Waals surface area contributed by atoms with E-state index in [1.165, 1.54) is 32.4 Å². The molecule has 1 heterocycles. The minimum Gasteiger partial charge on any atom is -1.00 e. The molecule has 0 radical (unpaired) electrons. The first-order chi connectivity index (χ1) is 12.1. The summed E-state index contributed by atoms with van der Waals surface area (Å²) < 4.78 is 1.05. The van der Waals surface area contributed by atoms with E-state index in [-0.39, 0.29) is 24.0 Å². The number of likely N-dealkylation sites (tertiary alicyclic amines) is 1. The molecule has 0 saturated carbocycles. The topological polar surface area (TPSA) is 20.2 Å².